The lowest BCUT2D eigenvalue weighted by atomic mass is 10.0. The Bertz CT molecular complexity index is 847. The molecule has 2 aliphatic heterocycles. The summed E-state index contributed by atoms with van der Waals surface area (Å²) in [6.07, 6.45) is 4.02. The van der Waals surface area contributed by atoms with Crippen molar-refractivity contribution in [2.75, 3.05) is 4.90 Å². The Labute approximate surface area is 152 Å². The van der Waals surface area contributed by atoms with Crippen LogP contribution in [0.3, 0.4) is 0 Å². The number of piperazine rings is 1. The fourth-order valence-electron chi connectivity index (χ4n) is 3.09. The molecule has 0 aliphatic carbocycles. The monoisotopic (exact) mass is 354 g/mol. The number of nitrogens with zero attached hydrogens (tertiary/aromatic N) is 3. The number of carbonyl (C=O) groups is 1. The van der Waals surface area contributed by atoms with Gasteiger partial charge in [0, 0.05) is 5.69 Å². The summed E-state index contributed by atoms with van der Waals surface area (Å²) >= 11 is 6.41. The van der Waals surface area contributed by atoms with Gasteiger partial charge in [-0.1, -0.05) is 37.6 Å². The summed E-state index contributed by atoms with van der Waals surface area (Å²) in [5, 5.41) is 12.6. The van der Waals surface area contributed by atoms with Crippen molar-refractivity contribution in [1.29, 1.82) is 5.26 Å². The second-order valence-corrected chi connectivity index (χ2v) is 6.31. The number of fused-ring (bicyclic) bond motifs is 1. The average Bonchev–Trinajstić information content (AvgIpc) is 2.78. The van der Waals surface area contributed by atoms with Crippen LogP contribution in [0.2, 0.25) is 0 Å². The van der Waals surface area contributed by atoms with E-state index >= 15 is 0 Å². The van der Waals surface area contributed by atoms with Gasteiger partial charge in [0.2, 0.25) is 5.91 Å². The molecule has 6 heteroatoms. The van der Waals surface area contributed by atoms with E-state index in [0.717, 1.165) is 17.7 Å². The van der Waals surface area contributed by atoms with E-state index in [1.807, 2.05) is 37.0 Å². The van der Waals surface area contributed by atoms with Crippen molar-refractivity contribution < 1.29 is 4.79 Å². The van der Waals surface area contributed by atoms with Crippen molar-refractivity contribution >= 4 is 29.0 Å². The Kier molecular flexibility index (Phi) is 4.91. The highest BCUT2D eigenvalue weighted by molar-refractivity contribution is 6.31. The molecule has 2 heterocycles. The Balaban J connectivity index is 2.18. The number of nitriles is 1. The maximum Gasteiger partial charge on any atom is 0.247 e. The molecule has 1 N–H and O–H groups in total. The Morgan fingerprint density at radius 1 is 1.44 bits per heavy atom. The molecule has 0 saturated carbocycles. The fraction of sp³-hybridized carbons (Fsp3) is 0.316. The number of nitrogens with one attached hydrogen (secondary N) is 1. The van der Waals surface area contributed by atoms with Crippen LogP contribution < -0.4 is 10.2 Å². The van der Waals surface area contributed by atoms with E-state index in [1.165, 1.54) is 0 Å². The molecule has 1 amide bonds. The third-order valence-electron chi connectivity index (χ3n) is 4.46. The predicted octanol–water partition coefficient (Wildman–Crippen LogP) is 3.82. The number of carbonyl (C=O) groups excluding carboxylic acids is 1. The molecule has 1 aromatic carbocycles. The van der Waals surface area contributed by atoms with Gasteiger partial charge < -0.3 is 10.2 Å². The number of benzene rings is 1. The van der Waals surface area contributed by atoms with Crippen molar-refractivity contribution in [2.45, 2.75) is 39.2 Å². The van der Waals surface area contributed by atoms with Crippen molar-refractivity contribution in [3.8, 4) is 6.07 Å². The minimum atomic E-state index is -0.405. The number of aliphatic imine (C=N–C) groups is 1. The van der Waals surface area contributed by atoms with E-state index in [0.29, 0.717) is 35.1 Å². The highest BCUT2D eigenvalue weighted by Gasteiger charge is 2.36. The molecule has 0 aromatic heterocycles. The van der Waals surface area contributed by atoms with E-state index in [2.05, 4.69) is 16.4 Å². The number of rotatable bonds is 3. The van der Waals surface area contributed by atoms with Crippen LogP contribution in [0.1, 0.15) is 38.7 Å². The van der Waals surface area contributed by atoms with Crippen LogP contribution in [0.5, 0.6) is 0 Å². The van der Waals surface area contributed by atoms with Gasteiger partial charge in [0.25, 0.3) is 0 Å². The Hall–Kier alpha value is -2.58. The van der Waals surface area contributed by atoms with E-state index in [4.69, 9.17) is 11.6 Å². The molecule has 25 heavy (non-hydrogen) atoms. The van der Waals surface area contributed by atoms with Gasteiger partial charge in [-0.2, -0.15) is 5.26 Å². The van der Waals surface area contributed by atoms with Crippen LogP contribution in [0.25, 0.3) is 0 Å². The molecule has 2 aliphatic rings. The van der Waals surface area contributed by atoms with E-state index in [9.17, 15) is 10.1 Å². The second-order valence-electron chi connectivity index (χ2n) is 5.95. The number of hydrogen-bond donors (Lipinski definition) is 1. The molecule has 1 saturated heterocycles. The second kappa shape index (κ2) is 7.12. The third kappa shape index (κ3) is 3.18. The van der Waals surface area contributed by atoms with Gasteiger partial charge in [0.15, 0.2) is 5.84 Å². The molecule has 128 valence electrons. The number of hydrogen-bond acceptors (Lipinski definition) is 4. The normalized spacial score (nSPS) is 20.2. The molecule has 5 nitrogen and oxygen atoms in total. The number of halogens is 1. The average molecular weight is 355 g/mol. The smallest absolute Gasteiger partial charge is 0.247 e. The summed E-state index contributed by atoms with van der Waals surface area (Å²) in [5.41, 5.74) is 2.99. The van der Waals surface area contributed by atoms with E-state index < -0.39 is 6.04 Å². The number of amides is 1. The van der Waals surface area contributed by atoms with Crippen LogP contribution >= 0.6 is 11.6 Å². The molecule has 1 fully saturated rings. The molecule has 1 atom stereocenters. The first-order valence-electron chi connectivity index (χ1n) is 8.36. The van der Waals surface area contributed by atoms with E-state index in [-0.39, 0.29) is 5.91 Å². The first kappa shape index (κ1) is 17.2. The minimum absolute atomic E-state index is 0.0777. The van der Waals surface area contributed by atoms with Crippen LogP contribution in [0.4, 0.5) is 5.69 Å². The van der Waals surface area contributed by atoms with Crippen molar-refractivity contribution in [3.63, 3.8) is 0 Å². The summed E-state index contributed by atoms with van der Waals surface area (Å²) in [6, 6.07) is 8.93. The van der Waals surface area contributed by atoms with Crippen molar-refractivity contribution in [3.05, 3.63) is 52.3 Å². The number of amidine groups is 1. The highest BCUT2D eigenvalue weighted by Crippen LogP contribution is 2.30. The van der Waals surface area contributed by atoms with Crippen LogP contribution in [-0.2, 0) is 4.79 Å². The van der Waals surface area contributed by atoms with Gasteiger partial charge in [-0.15, -0.1) is 0 Å². The molecule has 0 radical (unpaired) electrons. The molecular formula is C19H19ClN4O. The van der Waals surface area contributed by atoms with Gasteiger partial charge in [-0.25, -0.2) is 4.99 Å². The van der Waals surface area contributed by atoms with Gasteiger partial charge >= 0.3 is 0 Å². The summed E-state index contributed by atoms with van der Waals surface area (Å²) in [4.78, 5) is 19.1. The SMILES string of the molecule is CCC1=C(Cl)N=C2C(=CC1)NC(=O)C(CC)N2c1cccc(C#N)c1. The van der Waals surface area contributed by atoms with Crippen LogP contribution in [0.15, 0.2) is 51.8 Å². The largest absolute Gasteiger partial charge is 0.321 e. The first-order chi connectivity index (χ1) is 12.1. The maximum atomic E-state index is 12.6. The zero-order valence-electron chi connectivity index (χ0n) is 14.2. The van der Waals surface area contributed by atoms with Gasteiger partial charge in [0.1, 0.15) is 11.2 Å². The van der Waals surface area contributed by atoms with Gasteiger partial charge in [0.05, 0.1) is 17.3 Å². The fourth-order valence-corrected chi connectivity index (χ4v) is 3.38. The molecule has 0 spiro atoms. The molecule has 0 bridgehead atoms. The molecule has 1 unspecified atom stereocenters. The summed E-state index contributed by atoms with van der Waals surface area (Å²) in [5.74, 6) is 0.543. The van der Waals surface area contributed by atoms with E-state index in [1.54, 1.807) is 12.1 Å². The third-order valence-corrected chi connectivity index (χ3v) is 4.81. The maximum absolute atomic E-state index is 12.6. The first-order valence-corrected chi connectivity index (χ1v) is 8.73. The lowest BCUT2D eigenvalue weighted by molar-refractivity contribution is -0.121. The summed E-state index contributed by atoms with van der Waals surface area (Å²) in [6.45, 7) is 3.99. The Morgan fingerprint density at radius 2 is 2.24 bits per heavy atom. The van der Waals surface area contributed by atoms with Crippen LogP contribution in [0, 0.1) is 11.3 Å². The quantitative estimate of drug-likeness (QED) is 0.839. The number of allylic oxidation sites excluding steroid dienone is 2. The highest BCUT2D eigenvalue weighted by atomic mass is 35.5. The zero-order valence-corrected chi connectivity index (χ0v) is 15.0. The van der Waals surface area contributed by atoms with Gasteiger partial charge in [-0.3, -0.25) is 4.79 Å². The van der Waals surface area contributed by atoms with Crippen LogP contribution in [-0.4, -0.2) is 17.8 Å². The topological polar surface area (TPSA) is 68.5 Å². The molecule has 3 rings (SSSR count). The summed E-state index contributed by atoms with van der Waals surface area (Å²) in [7, 11) is 0. The lowest BCUT2D eigenvalue weighted by Gasteiger charge is -2.38. The Morgan fingerprint density at radius 3 is 2.92 bits per heavy atom. The van der Waals surface area contributed by atoms with Crippen molar-refractivity contribution in [1.82, 2.24) is 5.32 Å². The lowest BCUT2D eigenvalue weighted by Crippen LogP contribution is -2.57. The minimum Gasteiger partial charge on any atom is -0.321 e. The molecular weight excluding hydrogens is 336 g/mol. The van der Waals surface area contributed by atoms with Gasteiger partial charge in [-0.05, 0) is 43.0 Å². The number of anilines is 1. The van der Waals surface area contributed by atoms with Crippen molar-refractivity contribution in [2.24, 2.45) is 4.99 Å². The summed E-state index contributed by atoms with van der Waals surface area (Å²) < 4.78 is 0. The molecule has 1 aromatic rings. The standard InChI is InChI=1S/C19H19ClN4O/c1-3-13-8-9-15-18(23-17(13)20)24(16(4-2)19(25)22-15)14-7-5-6-12(10-14)11-21/h5-7,9-10,16H,3-4,8H2,1-2H3,(H,22,25). The predicted molar refractivity (Wildman–Crippen MR) is 99.2 cm³/mol. The zero-order chi connectivity index (χ0) is 18.0.